The Morgan fingerprint density at radius 3 is 2.29 bits per heavy atom. The average molecular weight is 308 g/mol. The van der Waals surface area contributed by atoms with Crippen molar-refractivity contribution in [2.45, 2.75) is 0 Å². The Morgan fingerprint density at radius 1 is 1.21 bits per heavy atom. The Kier molecular flexibility index (Phi) is 4.03. The molecule has 0 heterocycles. The third kappa shape index (κ3) is 2.31. The molecular weight excluding hydrogens is 298 g/mol. The van der Waals surface area contributed by atoms with Gasteiger partial charge in [0.25, 0.3) is 0 Å². The van der Waals surface area contributed by atoms with Gasteiger partial charge in [0, 0.05) is 11.5 Å². The highest BCUT2D eigenvalue weighted by atomic mass is 127. The summed E-state index contributed by atoms with van der Waals surface area (Å²) >= 11 is 1.99. The predicted octanol–water partition coefficient (Wildman–Crippen LogP) is -0.0118. The molecule has 0 aliphatic heterocycles. The lowest BCUT2D eigenvalue weighted by Gasteiger charge is -2.10. The molecule has 2 N–H and O–H groups in total. The molecule has 0 fully saturated rings. The van der Waals surface area contributed by atoms with Crippen molar-refractivity contribution in [1.29, 1.82) is 0 Å². The molecule has 0 aliphatic rings. The van der Waals surface area contributed by atoms with Crippen LogP contribution in [0.25, 0.3) is 0 Å². The van der Waals surface area contributed by atoms with Gasteiger partial charge in [-0.15, -0.1) is 0 Å². The van der Waals surface area contributed by atoms with Crippen molar-refractivity contribution in [1.82, 2.24) is 0 Å². The van der Waals surface area contributed by atoms with Gasteiger partial charge in [-0.3, -0.25) is 0 Å². The van der Waals surface area contributed by atoms with E-state index in [-0.39, 0.29) is 0 Å². The van der Waals surface area contributed by atoms with E-state index in [0.717, 1.165) is 0 Å². The van der Waals surface area contributed by atoms with Gasteiger partial charge in [0.2, 0.25) is 0 Å². The van der Waals surface area contributed by atoms with Gasteiger partial charge in [-0.05, 0) is 28.7 Å². The molecule has 0 amide bonds. The molecule has 0 aromatic heterocycles. The fourth-order valence-corrected chi connectivity index (χ4v) is 1.86. The molecule has 76 valence electrons. The third-order valence-electron chi connectivity index (χ3n) is 1.77. The molecule has 0 atom stereocenters. The number of hydrogen-bond donors (Lipinski definition) is 2. The van der Waals surface area contributed by atoms with Crippen LogP contribution in [0.4, 0.5) is 0 Å². The van der Waals surface area contributed by atoms with Crippen LogP contribution in [-0.4, -0.2) is 31.4 Å². The van der Waals surface area contributed by atoms with Crippen LogP contribution in [0.5, 0.6) is 11.5 Å². The van der Waals surface area contributed by atoms with Gasteiger partial charge in [0.1, 0.15) is 11.5 Å². The summed E-state index contributed by atoms with van der Waals surface area (Å²) in [5.41, 5.74) is 0.377. The maximum Gasteiger partial charge on any atom is 0.489 e. The molecule has 1 rings (SSSR count). The average Bonchev–Trinajstić information content (AvgIpc) is 2.17. The van der Waals surface area contributed by atoms with Crippen molar-refractivity contribution >= 4 is 35.2 Å². The second-order valence-electron chi connectivity index (χ2n) is 2.61. The second-order valence-corrected chi connectivity index (χ2v) is 3.69. The largest absolute Gasteiger partial charge is 0.497 e. The molecule has 0 saturated heterocycles. The summed E-state index contributed by atoms with van der Waals surface area (Å²) in [5.74, 6) is 1.10. The zero-order valence-electron chi connectivity index (χ0n) is 7.82. The Labute approximate surface area is 96.1 Å². The Balaban J connectivity index is 3.27. The summed E-state index contributed by atoms with van der Waals surface area (Å²) in [6.07, 6.45) is 0. The van der Waals surface area contributed by atoms with E-state index in [2.05, 4.69) is 0 Å². The summed E-state index contributed by atoms with van der Waals surface area (Å²) in [4.78, 5) is 0. The highest BCUT2D eigenvalue weighted by Crippen LogP contribution is 2.24. The zero-order chi connectivity index (χ0) is 10.7. The molecule has 1 aromatic carbocycles. The SMILES string of the molecule is COc1cc(OC)c(I)c(B(O)O)c1. The van der Waals surface area contributed by atoms with Gasteiger partial charge in [-0.25, -0.2) is 0 Å². The van der Waals surface area contributed by atoms with E-state index >= 15 is 0 Å². The van der Waals surface area contributed by atoms with Crippen LogP contribution in [-0.2, 0) is 0 Å². The van der Waals surface area contributed by atoms with E-state index in [1.54, 1.807) is 12.1 Å². The summed E-state index contributed by atoms with van der Waals surface area (Å²) in [6.45, 7) is 0. The van der Waals surface area contributed by atoms with Crippen LogP contribution in [0.3, 0.4) is 0 Å². The summed E-state index contributed by atoms with van der Waals surface area (Å²) in [6, 6.07) is 3.25. The van der Waals surface area contributed by atoms with Crippen molar-refractivity contribution in [3.05, 3.63) is 15.7 Å². The van der Waals surface area contributed by atoms with Crippen molar-refractivity contribution < 1.29 is 19.5 Å². The zero-order valence-corrected chi connectivity index (χ0v) is 9.98. The number of benzene rings is 1. The van der Waals surface area contributed by atoms with Gasteiger partial charge in [-0.2, -0.15) is 0 Å². The van der Waals surface area contributed by atoms with E-state index in [9.17, 15) is 0 Å². The van der Waals surface area contributed by atoms with Crippen molar-refractivity contribution in [2.75, 3.05) is 14.2 Å². The summed E-state index contributed by atoms with van der Waals surface area (Å²) in [5, 5.41) is 18.2. The van der Waals surface area contributed by atoms with Crippen LogP contribution >= 0.6 is 22.6 Å². The molecular formula is C8H10BIO4. The molecule has 0 radical (unpaired) electrons. The number of hydrogen-bond acceptors (Lipinski definition) is 4. The molecule has 6 heteroatoms. The smallest absolute Gasteiger partial charge is 0.489 e. The van der Waals surface area contributed by atoms with Gasteiger partial charge in [0.05, 0.1) is 17.8 Å². The molecule has 0 saturated carbocycles. The molecule has 1 aromatic rings. The lowest BCUT2D eigenvalue weighted by molar-refractivity contribution is 0.390. The maximum atomic E-state index is 9.08. The minimum absolute atomic E-state index is 0.377. The fourth-order valence-electron chi connectivity index (χ4n) is 1.05. The normalized spacial score (nSPS) is 9.79. The first-order valence-corrected chi connectivity index (χ1v) is 4.95. The Hall–Kier alpha value is -0.465. The van der Waals surface area contributed by atoms with Crippen molar-refractivity contribution in [3.63, 3.8) is 0 Å². The second kappa shape index (κ2) is 4.85. The highest BCUT2D eigenvalue weighted by molar-refractivity contribution is 14.1. The van der Waals surface area contributed by atoms with Crippen LogP contribution in [0.15, 0.2) is 12.1 Å². The molecule has 4 nitrogen and oxygen atoms in total. The minimum atomic E-state index is -1.52. The lowest BCUT2D eigenvalue weighted by Crippen LogP contribution is -2.32. The standard InChI is InChI=1S/C8H10BIO4/c1-13-5-3-6(9(11)12)8(10)7(4-5)14-2/h3-4,11-12H,1-2H3. The van der Waals surface area contributed by atoms with E-state index in [0.29, 0.717) is 20.5 Å². The van der Waals surface area contributed by atoms with Gasteiger partial charge < -0.3 is 19.5 Å². The van der Waals surface area contributed by atoms with E-state index in [1.807, 2.05) is 22.6 Å². The van der Waals surface area contributed by atoms with Gasteiger partial charge in [-0.1, -0.05) is 0 Å². The topological polar surface area (TPSA) is 58.9 Å². The number of rotatable bonds is 3. The first-order valence-electron chi connectivity index (χ1n) is 3.87. The van der Waals surface area contributed by atoms with Crippen LogP contribution < -0.4 is 14.9 Å². The maximum absolute atomic E-state index is 9.08. The number of ether oxygens (including phenoxy) is 2. The van der Waals surface area contributed by atoms with Crippen LogP contribution in [0, 0.1) is 3.57 Å². The van der Waals surface area contributed by atoms with Crippen LogP contribution in [0.1, 0.15) is 0 Å². The number of methoxy groups -OCH3 is 2. The third-order valence-corrected chi connectivity index (χ3v) is 2.93. The van der Waals surface area contributed by atoms with Crippen LogP contribution in [0.2, 0.25) is 0 Å². The van der Waals surface area contributed by atoms with E-state index in [1.165, 1.54) is 14.2 Å². The van der Waals surface area contributed by atoms with E-state index < -0.39 is 7.12 Å². The van der Waals surface area contributed by atoms with Crippen molar-refractivity contribution in [3.8, 4) is 11.5 Å². The monoisotopic (exact) mass is 308 g/mol. The van der Waals surface area contributed by atoms with Crippen molar-refractivity contribution in [2.24, 2.45) is 0 Å². The highest BCUT2D eigenvalue weighted by Gasteiger charge is 2.19. The first kappa shape index (κ1) is 11.6. The number of halogens is 1. The Morgan fingerprint density at radius 2 is 1.86 bits per heavy atom. The molecule has 0 unspecified atom stereocenters. The van der Waals surface area contributed by atoms with E-state index in [4.69, 9.17) is 19.5 Å². The first-order chi connectivity index (χ1) is 6.60. The fraction of sp³-hybridized carbons (Fsp3) is 0.250. The summed E-state index contributed by atoms with van der Waals surface area (Å²) in [7, 11) is 1.51. The minimum Gasteiger partial charge on any atom is -0.497 e. The Bertz CT molecular complexity index is 329. The van der Waals surface area contributed by atoms with Gasteiger partial charge in [0.15, 0.2) is 0 Å². The summed E-state index contributed by atoms with van der Waals surface area (Å²) < 4.78 is 10.7. The molecule has 0 spiro atoms. The van der Waals surface area contributed by atoms with Gasteiger partial charge >= 0.3 is 7.12 Å². The molecule has 0 aliphatic carbocycles. The molecule has 0 bridgehead atoms. The predicted molar refractivity (Wildman–Crippen MR) is 62.1 cm³/mol. The quantitative estimate of drug-likeness (QED) is 0.609. The molecule has 14 heavy (non-hydrogen) atoms. The lowest BCUT2D eigenvalue weighted by atomic mass is 9.80.